The van der Waals surface area contributed by atoms with Crippen LogP contribution in [0.4, 0.5) is 0 Å². The first-order chi connectivity index (χ1) is 12.2. The standard InChI is InChI=1S/C20H35N3O2.ClH/c21-13-16-7-3-4-8-18(16)23-20(25)15-9-11-17(12-10-15)22-19(24)14-5-1-2-6-14;/h14-18H,1-13,21H2,(H,22,24)(H,23,25);1H. The predicted octanol–water partition coefficient (Wildman–Crippen LogP) is 2.91. The Hall–Kier alpha value is -0.810. The highest BCUT2D eigenvalue weighted by Crippen LogP contribution is 2.29. The van der Waals surface area contributed by atoms with Crippen LogP contribution in [0.2, 0.25) is 0 Å². The third-order valence-corrected chi connectivity index (χ3v) is 6.71. The summed E-state index contributed by atoms with van der Waals surface area (Å²) in [6.07, 6.45) is 12.8. The lowest BCUT2D eigenvalue weighted by Crippen LogP contribution is -2.48. The van der Waals surface area contributed by atoms with Gasteiger partial charge in [0, 0.05) is 23.9 Å². The van der Waals surface area contributed by atoms with Crippen molar-refractivity contribution in [2.75, 3.05) is 6.54 Å². The summed E-state index contributed by atoms with van der Waals surface area (Å²) in [4.78, 5) is 24.9. The molecule has 2 unspecified atom stereocenters. The van der Waals surface area contributed by atoms with Gasteiger partial charge in [-0.1, -0.05) is 25.7 Å². The molecule has 3 rings (SSSR count). The summed E-state index contributed by atoms with van der Waals surface area (Å²) < 4.78 is 0. The monoisotopic (exact) mass is 385 g/mol. The van der Waals surface area contributed by atoms with E-state index >= 15 is 0 Å². The van der Waals surface area contributed by atoms with Crippen molar-refractivity contribution in [3.05, 3.63) is 0 Å². The first-order valence-corrected chi connectivity index (χ1v) is 10.5. The van der Waals surface area contributed by atoms with Crippen molar-refractivity contribution in [1.29, 1.82) is 0 Å². The third kappa shape index (κ3) is 5.59. The molecule has 3 saturated carbocycles. The smallest absolute Gasteiger partial charge is 0.223 e. The number of carbonyl (C=O) groups excluding carboxylic acids is 2. The molecule has 150 valence electrons. The number of nitrogens with one attached hydrogen (secondary N) is 2. The molecular weight excluding hydrogens is 350 g/mol. The predicted molar refractivity (Wildman–Crippen MR) is 106 cm³/mol. The first kappa shape index (κ1) is 21.5. The lowest BCUT2D eigenvalue weighted by Gasteiger charge is -2.34. The molecular formula is C20H36ClN3O2. The van der Waals surface area contributed by atoms with Crippen LogP contribution in [-0.4, -0.2) is 30.4 Å². The van der Waals surface area contributed by atoms with E-state index in [1.165, 1.54) is 25.7 Å². The van der Waals surface area contributed by atoms with Crippen molar-refractivity contribution in [2.24, 2.45) is 23.5 Å². The molecule has 2 atom stereocenters. The summed E-state index contributed by atoms with van der Waals surface area (Å²) in [6.45, 7) is 0.672. The molecule has 0 bridgehead atoms. The molecule has 0 saturated heterocycles. The summed E-state index contributed by atoms with van der Waals surface area (Å²) >= 11 is 0. The Morgan fingerprint density at radius 3 is 1.92 bits per heavy atom. The van der Waals surface area contributed by atoms with E-state index in [9.17, 15) is 9.59 Å². The van der Waals surface area contributed by atoms with E-state index in [0.29, 0.717) is 12.5 Å². The fraction of sp³-hybridized carbons (Fsp3) is 0.900. The summed E-state index contributed by atoms with van der Waals surface area (Å²) in [5.41, 5.74) is 5.87. The Balaban J connectivity index is 0.00000243. The number of hydrogen-bond acceptors (Lipinski definition) is 3. The van der Waals surface area contributed by atoms with Gasteiger partial charge in [0.2, 0.25) is 11.8 Å². The van der Waals surface area contributed by atoms with Gasteiger partial charge in [-0.25, -0.2) is 0 Å². The zero-order chi connectivity index (χ0) is 17.6. The average Bonchev–Trinajstić information content (AvgIpc) is 3.17. The number of carbonyl (C=O) groups is 2. The average molecular weight is 386 g/mol. The molecule has 6 heteroatoms. The molecule has 4 N–H and O–H groups in total. The molecule has 0 radical (unpaired) electrons. The van der Waals surface area contributed by atoms with E-state index in [0.717, 1.165) is 51.4 Å². The van der Waals surface area contributed by atoms with E-state index < -0.39 is 0 Å². The van der Waals surface area contributed by atoms with Crippen molar-refractivity contribution < 1.29 is 9.59 Å². The van der Waals surface area contributed by atoms with E-state index in [4.69, 9.17) is 5.73 Å². The number of rotatable bonds is 5. The van der Waals surface area contributed by atoms with Crippen LogP contribution in [0.15, 0.2) is 0 Å². The van der Waals surface area contributed by atoms with Crippen LogP contribution in [0.3, 0.4) is 0 Å². The Morgan fingerprint density at radius 1 is 0.731 bits per heavy atom. The second-order valence-corrected chi connectivity index (χ2v) is 8.43. The Labute approximate surface area is 164 Å². The molecule has 2 amide bonds. The largest absolute Gasteiger partial charge is 0.353 e. The van der Waals surface area contributed by atoms with Crippen LogP contribution in [0.25, 0.3) is 0 Å². The van der Waals surface area contributed by atoms with Crippen molar-refractivity contribution in [2.45, 2.75) is 89.1 Å². The molecule has 0 spiro atoms. The van der Waals surface area contributed by atoms with Gasteiger partial charge in [0.05, 0.1) is 0 Å². The second kappa shape index (κ2) is 10.5. The minimum Gasteiger partial charge on any atom is -0.353 e. The summed E-state index contributed by atoms with van der Waals surface area (Å²) in [7, 11) is 0. The van der Waals surface area contributed by atoms with Gasteiger partial charge in [0.15, 0.2) is 0 Å². The zero-order valence-electron chi connectivity index (χ0n) is 15.9. The molecule has 3 aliphatic rings. The summed E-state index contributed by atoms with van der Waals surface area (Å²) in [6, 6.07) is 0.537. The number of nitrogens with two attached hydrogens (primary N) is 1. The second-order valence-electron chi connectivity index (χ2n) is 8.43. The fourth-order valence-electron chi connectivity index (χ4n) is 4.99. The quantitative estimate of drug-likeness (QED) is 0.680. The van der Waals surface area contributed by atoms with Crippen LogP contribution < -0.4 is 16.4 Å². The maximum absolute atomic E-state index is 12.6. The van der Waals surface area contributed by atoms with Crippen LogP contribution in [-0.2, 0) is 9.59 Å². The van der Waals surface area contributed by atoms with E-state index in [-0.39, 0.29) is 48.1 Å². The summed E-state index contributed by atoms with van der Waals surface area (Å²) in [5, 5.41) is 6.51. The first-order valence-electron chi connectivity index (χ1n) is 10.5. The normalized spacial score (nSPS) is 32.5. The number of hydrogen-bond donors (Lipinski definition) is 3. The zero-order valence-corrected chi connectivity index (χ0v) is 16.7. The minimum absolute atomic E-state index is 0. The number of halogens is 1. The highest BCUT2D eigenvalue weighted by Gasteiger charge is 2.32. The SMILES string of the molecule is Cl.NCC1CCCCC1NC(=O)C1CCC(NC(=O)C2CCCC2)CC1. The lowest BCUT2D eigenvalue weighted by molar-refractivity contribution is -0.127. The van der Waals surface area contributed by atoms with Crippen molar-refractivity contribution in [1.82, 2.24) is 10.6 Å². The van der Waals surface area contributed by atoms with Crippen LogP contribution >= 0.6 is 12.4 Å². The van der Waals surface area contributed by atoms with Gasteiger partial charge in [0.25, 0.3) is 0 Å². The molecule has 5 nitrogen and oxygen atoms in total. The molecule has 0 aromatic heterocycles. The Bertz CT molecular complexity index is 460. The minimum atomic E-state index is 0. The van der Waals surface area contributed by atoms with Crippen molar-refractivity contribution in [3.63, 3.8) is 0 Å². The molecule has 3 fully saturated rings. The van der Waals surface area contributed by atoms with E-state index in [1.54, 1.807) is 0 Å². The van der Waals surface area contributed by atoms with Crippen LogP contribution in [0.5, 0.6) is 0 Å². The molecule has 3 aliphatic carbocycles. The maximum atomic E-state index is 12.6. The van der Waals surface area contributed by atoms with Gasteiger partial charge < -0.3 is 16.4 Å². The molecule has 26 heavy (non-hydrogen) atoms. The van der Waals surface area contributed by atoms with Gasteiger partial charge >= 0.3 is 0 Å². The number of amides is 2. The molecule has 0 aromatic carbocycles. The highest BCUT2D eigenvalue weighted by molar-refractivity contribution is 5.85. The molecule has 0 aliphatic heterocycles. The fourth-order valence-corrected chi connectivity index (χ4v) is 4.99. The molecule has 0 aromatic rings. The third-order valence-electron chi connectivity index (χ3n) is 6.71. The van der Waals surface area contributed by atoms with Gasteiger partial charge in [-0.2, -0.15) is 0 Å². The van der Waals surface area contributed by atoms with Gasteiger partial charge in [0.1, 0.15) is 0 Å². The Morgan fingerprint density at radius 2 is 1.27 bits per heavy atom. The van der Waals surface area contributed by atoms with Crippen molar-refractivity contribution in [3.8, 4) is 0 Å². The highest BCUT2D eigenvalue weighted by atomic mass is 35.5. The maximum Gasteiger partial charge on any atom is 0.223 e. The Kier molecular flexibility index (Phi) is 8.68. The van der Waals surface area contributed by atoms with Gasteiger partial charge in [-0.15, -0.1) is 12.4 Å². The summed E-state index contributed by atoms with van der Waals surface area (Å²) in [5.74, 6) is 1.25. The van der Waals surface area contributed by atoms with Crippen LogP contribution in [0, 0.1) is 17.8 Å². The molecule has 0 heterocycles. The van der Waals surface area contributed by atoms with Gasteiger partial charge in [-0.3, -0.25) is 9.59 Å². The van der Waals surface area contributed by atoms with Crippen molar-refractivity contribution >= 4 is 24.2 Å². The lowest BCUT2D eigenvalue weighted by atomic mass is 9.82. The van der Waals surface area contributed by atoms with E-state index in [2.05, 4.69) is 10.6 Å². The van der Waals surface area contributed by atoms with Crippen LogP contribution in [0.1, 0.15) is 77.0 Å². The topological polar surface area (TPSA) is 84.2 Å². The van der Waals surface area contributed by atoms with E-state index in [1.807, 2.05) is 0 Å². The van der Waals surface area contributed by atoms with Gasteiger partial charge in [-0.05, 0) is 63.8 Å².